The Balaban J connectivity index is 1.58. The minimum atomic E-state index is -3.74. The minimum absolute atomic E-state index is 0.125. The molecule has 1 aliphatic rings. The minimum Gasteiger partial charge on any atom is -0.493 e. The smallest absolute Gasteiger partial charge is 0.262 e. The monoisotopic (exact) mass is 537 g/mol. The van der Waals surface area contributed by atoms with Crippen molar-refractivity contribution in [1.82, 2.24) is 33.9 Å². The van der Waals surface area contributed by atoms with Gasteiger partial charge in [0.15, 0.2) is 5.65 Å². The third-order valence-electron chi connectivity index (χ3n) is 6.67. The van der Waals surface area contributed by atoms with Gasteiger partial charge in [-0.3, -0.25) is 14.5 Å². The van der Waals surface area contributed by atoms with Crippen LogP contribution in [0.25, 0.3) is 22.4 Å². The van der Waals surface area contributed by atoms with Gasteiger partial charge in [-0.25, -0.2) is 13.4 Å². The maximum absolute atomic E-state index is 13.5. The Morgan fingerprint density at radius 3 is 2.61 bits per heavy atom. The van der Waals surface area contributed by atoms with Crippen LogP contribution < -0.4 is 10.3 Å². The first-order chi connectivity index (χ1) is 18.3. The summed E-state index contributed by atoms with van der Waals surface area (Å²) in [6.45, 7) is 6.77. The summed E-state index contributed by atoms with van der Waals surface area (Å²) in [5.41, 5.74) is 1.77. The lowest BCUT2D eigenvalue weighted by molar-refractivity contribution is 0.222. The second-order valence-electron chi connectivity index (χ2n) is 9.39. The summed E-state index contributed by atoms with van der Waals surface area (Å²) in [7, 11) is -1.77. The van der Waals surface area contributed by atoms with Gasteiger partial charge in [-0.1, -0.05) is 13.0 Å². The zero-order chi connectivity index (χ0) is 26.9. The van der Waals surface area contributed by atoms with Gasteiger partial charge in [0.25, 0.3) is 5.56 Å². The lowest BCUT2D eigenvalue weighted by Gasteiger charge is -2.31. The number of fused-ring (bicyclic) bond motifs is 1. The Labute approximate surface area is 221 Å². The summed E-state index contributed by atoms with van der Waals surface area (Å²) in [5.74, 6) is 0.642. The van der Waals surface area contributed by atoms with E-state index in [1.54, 1.807) is 23.0 Å². The normalized spacial score (nSPS) is 15.2. The van der Waals surface area contributed by atoms with Crippen molar-refractivity contribution in [2.75, 3.05) is 39.8 Å². The van der Waals surface area contributed by atoms with Gasteiger partial charge in [0.1, 0.15) is 17.0 Å². The zero-order valence-corrected chi connectivity index (χ0v) is 22.5. The van der Waals surface area contributed by atoms with E-state index in [-0.39, 0.29) is 21.9 Å². The molecule has 0 unspecified atom stereocenters. The first-order valence-electron chi connectivity index (χ1n) is 12.6. The maximum Gasteiger partial charge on any atom is 0.262 e. The Bertz CT molecular complexity index is 1610. The topological polar surface area (TPSA) is 126 Å². The fourth-order valence-electron chi connectivity index (χ4n) is 4.47. The van der Waals surface area contributed by atoms with Crippen LogP contribution in [-0.2, 0) is 16.6 Å². The van der Waals surface area contributed by atoms with Gasteiger partial charge in [-0.2, -0.15) is 9.40 Å². The number of aryl methyl sites for hydroxylation is 1. The first kappa shape index (κ1) is 26.0. The third-order valence-corrected chi connectivity index (χ3v) is 8.57. The van der Waals surface area contributed by atoms with Crippen molar-refractivity contribution in [2.24, 2.45) is 0 Å². The molecule has 1 fully saturated rings. The Morgan fingerprint density at radius 2 is 1.89 bits per heavy atom. The highest BCUT2D eigenvalue weighted by molar-refractivity contribution is 7.89. The van der Waals surface area contributed by atoms with Gasteiger partial charge in [0.2, 0.25) is 10.0 Å². The highest BCUT2D eigenvalue weighted by Crippen LogP contribution is 2.32. The zero-order valence-electron chi connectivity index (χ0n) is 21.7. The molecule has 3 aromatic heterocycles. The Morgan fingerprint density at radius 1 is 1.11 bits per heavy atom. The highest BCUT2D eigenvalue weighted by atomic mass is 32.2. The van der Waals surface area contributed by atoms with Gasteiger partial charge < -0.3 is 14.6 Å². The number of rotatable bonds is 8. The summed E-state index contributed by atoms with van der Waals surface area (Å²) >= 11 is 0. The maximum atomic E-state index is 13.5. The number of aromatic nitrogens is 5. The molecular formula is C26H31N7O4S. The van der Waals surface area contributed by atoms with E-state index in [0.29, 0.717) is 61.7 Å². The molecule has 0 bridgehead atoms. The molecule has 1 saturated heterocycles. The van der Waals surface area contributed by atoms with Crippen molar-refractivity contribution in [3.8, 4) is 17.1 Å². The van der Waals surface area contributed by atoms with Crippen LogP contribution in [0.15, 0.2) is 52.3 Å². The summed E-state index contributed by atoms with van der Waals surface area (Å²) in [6, 6.07) is 10.3. The second-order valence-corrected chi connectivity index (χ2v) is 11.3. The van der Waals surface area contributed by atoms with Crippen molar-refractivity contribution in [3.05, 3.63) is 64.3 Å². The number of hydrogen-bond donors (Lipinski definition) is 1. The van der Waals surface area contributed by atoms with Gasteiger partial charge >= 0.3 is 0 Å². The molecular weight excluding hydrogens is 506 g/mol. The molecule has 200 valence electrons. The molecule has 0 amide bonds. The van der Waals surface area contributed by atoms with Crippen LogP contribution in [0.2, 0.25) is 0 Å². The second kappa shape index (κ2) is 10.6. The highest BCUT2D eigenvalue weighted by Gasteiger charge is 2.29. The van der Waals surface area contributed by atoms with E-state index in [4.69, 9.17) is 4.74 Å². The van der Waals surface area contributed by atoms with E-state index < -0.39 is 10.0 Å². The molecule has 1 N–H and O–H groups in total. The molecule has 1 aromatic carbocycles. The van der Waals surface area contributed by atoms with Crippen molar-refractivity contribution in [1.29, 1.82) is 0 Å². The average molecular weight is 538 g/mol. The molecule has 12 heteroatoms. The fourth-order valence-corrected chi connectivity index (χ4v) is 5.92. The van der Waals surface area contributed by atoms with E-state index in [9.17, 15) is 13.2 Å². The van der Waals surface area contributed by atoms with E-state index in [1.807, 2.05) is 39.1 Å². The number of likely N-dealkylation sites (N-methyl/N-ethyl adjacent to an activating group) is 1. The fraction of sp³-hybridized carbons (Fsp3) is 0.385. The third kappa shape index (κ3) is 5.06. The quantitative estimate of drug-likeness (QED) is 0.363. The number of hydrogen-bond acceptors (Lipinski definition) is 8. The molecule has 0 spiro atoms. The molecule has 0 aliphatic carbocycles. The number of piperazine rings is 1. The number of ether oxygens (including phenoxy) is 1. The number of pyridine rings is 1. The molecule has 0 radical (unpaired) electrons. The molecule has 4 heterocycles. The molecule has 0 saturated carbocycles. The molecule has 4 aromatic rings. The summed E-state index contributed by atoms with van der Waals surface area (Å²) in [4.78, 5) is 27.2. The standard InChI is InChI=1S/C26H31N7O4S/c1-4-15-37-22-9-8-20(38(35,36)32-13-11-31(3)12-14-32)16-21(22)24-28-25-23(26(34)29-24)18(2)33(30-25)17-19-7-5-6-10-27-19/h5-10,16H,4,11-15,17H2,1-3H3,(H,28,29,30,34). The van der Waals surface area contributed by atoms with E-state index in [1.165, 1.54) is 10.4 Å². The Kier molecular flexibility index (Phi) is 7.28. The van der Waals surface area contributed by atoms with Crippen LogP contribution in [0.3, 0.4) is 0 Å². The van der Waals surface area contributed by atoms with Crippen LogP contribution in [0.1, 0.15) is 24.7 Å². The lowest BCUT2D eigenvalue weighted by Crippen LogP contribution is -2.47. The Hall–Kier alpha value is -3.61. The number of aromatic amines is 1. The van der Waals surface area contributed by atoms with E-state index in [2.05, 4.69) is 25.0 Å². The van der Waals surface area contributed by atoms with Crippen LogP contribution in [0, 0.1) is 6.92 Å². The molecule has 38 heavy (non-hydrogen) atoms. The van der Waals surface area contributed by atoms with Crippen LogP contribution in [0.5, 0.6) is 5.75 Å². The average Bonchev–Trinajstić information content (AvgIpc) is 3.23. The predicted octanol–water partition coefficient (Wildman–Crippen LogP) is 2.26. The van der Waals surface area contributed by atoms with Crippen molar-refractivity contribution >= 4 is 21.1 Å². The van der Waals surface area contributed by atoms with Gasteiger partial charge in [0.05, 0.1) is 35.0 Å². The summed E-state index contributed by atoms with van der Waals surface area (Å²) in [6.07, 6.45) is 2.47. The predicted molar refractivity (Wildman–Crippen MR) is 144 cm³/mol. The van der Waals surface area contributed by atoms with Crippen molar-refractivity contribution < 1.29 is 13.2 Å². The number of H-pyrrole nitrogens is 1. The molecule has 1 aliphatic heterocycles. The first-order valence-corrected chi connectivity index (χ1v) is 14.0. The van der Waals surface area contributed by atoms with Crippen LogP contribution >= 0.6 is 0 Å². The van der Waals surface area contributed by atoms with Gasteiger partial charge in [-0.05, 0) is 50.7 Å². The number of nitrogens with zero attached hydrogens (tertiary/aromatic N) is 6. The SMILES string of the molecule is CCCOc1ccc(S(=O)(=O)N2CCN(C)CC2)cc1-c1nc2nn(Cc3ccccn3)c(C)c2c(=O)[nH]1. The van der Waals surface area contributed by atoms with Crippen LogP contribution in [-0.4, -0.2) is 82.2 Å². The summed E-state index contributed by atoms with van der Waals surface area (Å²) in [5, 5.41) is 4.95. The van der Waals surface area contributed by atoms with Gasteiger partial charge in [0, 0.05) is 32.4 Å². The van der Waals surface area contributed by atoms with Gasteiger partial charge in [-0.15, -0.1) is 0 Å². The number of sulfonamides is 1. The number of nitrogens with one attached hydrogen (secondary N) is 1. The van der Waals surface area contributed by atoms with Crippen LogP contribution in [0.4, 0.5) is 0 Å². The molecule has 5 rings (SSSR count). The number of benzene rings is 1. The molecule has 11 nitrogen and oxygen atoms in total. The van der Waals surface area contributed by atoms with E-state index in [0.717, 1.165) is 12.1 Å². The summed E-state index contributed by atoms with van der Waals surface area (Å²) < 4.78 is 36.0. The van der Waals surface area contributed by atoms with Crippen molar-refractivity contribution in [3.63, 3.8) is 0 Å². The van der Waals surface area contributed by atoms with Crippen molar-refractivity contribution in [2.45, 2.75) is 31.7 Å². The largest absolute Gasteiger partial charge is 0.493 e. The lowest BCUT2D eigenvalue weighted by atomic mass is 10.2. The molecule has 0 atom stereocenters. The van der Waals surface area contributed by atoms with E-state index >= 15 is 0 Å².